The molecule has 0 amide bonds. The van der Waals surface area contributed by atoms with E-state index in [9.17, 15) is 13.2 Å². The second-order valence-corrected chi connectivity index (χ2v) is 4.22. The van der Waals surface area contributed by atoms with E-state index in [-0.39, 0.29) is 40.9 Å². The Morgan fingerprint density at radius 1 is 1.29 bits per heavy atom. The molecule has 0 atom stereocenters. The third kappa shape index (κ3) is 3.97. The summed E-state index contributed by atoms with van der Waals surface area (Å²) < 4.78 is 40.1. The van der Waals surface area contributed by atoms with Crippen LogP contribution in [0.4, 0.5) is 0 Å². The number of carbonyl (C=O) groups is 1. The van der Waals surface area contributed by atoms with E-state index in [1.54, 1.807) is 0 Å². The van der Waals surface area contributed by atoms with Crippen LogP contribution in [0.5, 0.6) is 5.75 Å². The molecule has 1 aromatic carbocycles. The number of hydrogen-bond donors (Lipinski definition) is 1. The maximum absolute atomic E-state index is 11.3. The molecule has 1 rings (SSSR count). The molecule has 0 saturated heterocycles. The van der Waals surface area contributed by atoms with Gasteiger partial charge in [0.05, 0.1) is 19.8 Å². The van der Waals surface area contributed by atoms with Gasteiger partial charge in [-0.2, -0.15) is 8.42 Å². The Bertz CT molecular complexity index is 510. The van der Waals surface area contributed by atoms with E-state index in [1.807, 2.05) is 0 Å². The van der Waals surface area contributed by atoms with Gasteiger partial charge in [-0.15, -0.1) is 0 Å². The number of ether oxygens (including phenoxy) is 2. The predicted octanol–water partition coefficient (Wildman–Crippen LogP) is 0.0800. The van der Waals surface area contributed by atoms with E-state index in [0.717, 1.165) is 13.2 Å². The van der Waals surface area contributed by atoms with Crippen molar-refractivity contribution < 1.29 is 27.2 Å². The second kappa shape index (κ2) is 6.36. The van der Waals surface area contributed by atoms with Crippen molar-refractivity contribution >= 4 is 45.6 Å². The van der Waals surface area contributed by atoms with Crippen molar-refractivity contribution in [3.8, 4) is 5.75 Å². The van der Waals surface area contributed by atoms with Crippen LogP contribution in [0.3, 0.4) is 0 Å². The molecule has 17 heavy (non-hydrogen) atoms. The van der Waals surface area contributed by atoms with Crippen LogP contribution >= 0.6 is 0 Å². The Labute approximate surface area is 121 Å². The standard InChI is InChI=1S/C9H10O6S.Na.H/c1-14-6-3-4-8(16(11,12)13)7(5-6)9(10)15-2;;/h3-5H,1-2H3,(H,11,12,13);;. The van der Waals surface area contributed by atoms with Gasteiger partial charge in [0.15, 0.2) is 0 Å². The molecule has 0 radical (unpaired) electrons. The van der Waals surface area contributed by atoms with Gasteiger partial charge in [-0.25, -0.2) is 4.79 Å². The number of esters is 1. The van der Waals surface area contributed by atoms with E-state index >= 15 is 0 Å². The van der Waals surface area contributed by atoms with Gasteiger partial charge in [0.1, 0.15) is 10.6 Å². The van der Waals surface area contributed by atoms with Crippen molar-refractivity contribution in [3.05, 3.63) is 23.8 Å². The first kappa shape index (κ1) is 16.4. The normalized spacial score (nSPS) is 10.3. The molecule has 6 nitrogen and oxygen atoms in total. The zero-order valence-corrected chi connectivity index (χ0v) is 9.45. The van der Waals surface area contributed by atoms with Crippen molar-refractivity contribution in [3.63, 3.8) is 0 Å². The number of rotatable bonds is 3. The van der Waals surface area contributed by atoms with Gasteiger partial charge in [0.2, 0.25) is 0 Å². The summed E-state index contributed by atoms with van der Waals surface area (Å²) in [5, 5.41) is 0. The molecule has 0 bridgehead atoms. The summed E-state index contributed by atoms with van der Waals surface area (Å²) in [6.45, 7) is 0. The molecule has 0 spiro atoms. The topological polar surface area (TPSA) is 89.9 Å². The molecule has 0 heterocycles. The fourth-order valence-corrected chi connectivity index (χ4v) is 1.79. The molecule has 0 fully saturated rings. The quantitative estimate of drug-likeness (QED) is 0.475. The summed E-state index contributed by atoms with van der Waals surface area (Å²) in [7, 11) is -2.00. The molecule has 1 aromatic rings. The maximum atomic E-state index is 11.3. The molecule has 90 valence electrons. The molecule has 1 N–H and O–H groups in total. The molecule has 0 aliphatic rings. The number of methoxy groups -OCH3 is 2. The molecular formula is C9H11NaO6S. The first-order valence-electron chi connectivity index (χ1n) is 4.14. The van der Waals surface area contributed by atoms with Crippen LogP contribution in [0, 0.1) is 0 Å². The second-order valence-electron chi connectivity index (χ2n) is 2.83. The van der Waals surface area contributed by atoms with E-state index in [1.165, 1.54) is 19.2 Å². The summed E-state index contributed by atoms with van der Waals surface area (Å²) in [6, 6.07) is 3.56. The van der Waals surface area contributed by atoms with Crippen LogP contribution in [0.1, 0.15) is 10.4 Å². The van der Waals surface area contributed by atoms with Gasteiger partial charge in [0.25, 0.3) is 10.1 Å². The van der Waals surface area contributed by atoms with Crippen LogP contribution in [-0.2, 0) is 14.9 Å². The summed E-state index contributed by atoms with van der Waals surface area (Å²) in [5.74, 6) is -0.584. The molecule has 0 aromatic heterocycles. The van der Waals surface area contributed by atoms with E-state index in [2.05, 4.69) is 4.74 Å². The molecule has 0 aliphatic carbocycles. The van der Waals surface area contributed by atoms with Crippen molar-refractivity contribution in [1.29, 1.82) is 0 Å². The number of carbonyl (C=O) groups excluding carboxylic acids is 1. The van der Waals surface area contributed by atoms with E-state index < -0.39 is 21.0 Å². The van der Waals surface area contributed by atoms with Gasteiger partial charge >= 0.3 is 35.5 Å². The van der Waals surface area contributed by atoms with Crippen molar-refractivity contribution in [2.24, 2.45) is 0 Å². The van der Waals surface area contributed by atoms with Crippen molar-refractivity contribution in [2.75, 3.05) is 14.2 Å². The molecule has 0 saturated carbocycles. The Kier molecular flexibility index (Phi) is 6.14. The first-order chi connectivity index (χ1) is 7.40. The van der Waals surface area contributed by atoms with Crippen LogP contribution in [0.2, 0.25) is 0 Å². The minimum absolute atomic E-state index is 0. The summed E-state index contributed by atoms with van der Waals surface area (Å²) >= 11 is 0. The molecule has 8 heteroatoms. The van der Waals surface area contributed by atoms with Gasteiger partial charge < -0.3 is 9.47 Å². The third-order valence-electron chi connectivity index (χ3n) is 1.87. The number of hydrogen-bond acceptors (Lipinski definition) is 5. The van der Waals surface area contributed by atoms with Crippen LogP contribution in [-0.4, -0.2) is 62.7 Å². The molecule has 0 unspecified atom stereocenters. The van der Waals surface area contributed by atoms with Gasteiger partial charge in [-0.3, -0.25) is 4.55 Å². The van der Waals surface area contributed by atoms with Gasteiger partial charge in [-0.1, -0.05) is 0 Å². The average Bonchev–Trinajstić information content (AvgIpc) is 2.25. The summed E-state index contributed by atoms with van der Waals surface area (Å²) in [4.78, 5) is 10.8. The van der Waals surface area contributed by atoms with Crippen LogP contribution in [0.15, 0.2) is 23.1 Å². The van der Waals surface area contributed by atoms with Gasteiger partial charge in [0, 0.05) is 0 Å². The van der Waals surface area contributed by atoms with Crippen LogP contribution in [0.25, 0.3) is 0 Å². The Hall–Kier alpha value is -0.600. The fourth-order valence-electron chi connectivity index (χ4n) is 1.13. The fraction of sp³-hybridized carbons (Fsp3) is 0.222. The monoisotopic (exact) mass is 270 g/mol. The zero-order chi connectivity index (χ0) is 12.3. The van der Waals surface area contributed by atoms with E-state index in [0.29, 0.717) is 0 Å². The third-order valence-corrected chi connectivity index (χ3v) is 2.78. The average molecular weight is 270 g/mol. The van der Waals surface area contributed by atoms with E-state index in [4.69, 9.17) is 9.29 Å². The van der Waals surface area contributed by atoms with Crippen molar-refractivity contribution in [2.45, 2.75) is 4.90 Å². The molecular weight excluding hydrogens is 259 g/mol. The van der Waals surface area contributed by atoms with Crippen LogP contribution < -0.4 is 4.74 Å². The minimum atomic E-state index is -4.47. The Morgan fingerprint density at radius 2 is 1.88 bits per heavy atom. The molecule has 0 aliphatic heterocycles. The Balaban J connectivity index is 0.00000256. The summed E-state index contributed by atoms with van der Waals surface area (Å²) in [5.41, 5.74) is -0.274. The SMILES string of the molecule is COC(=O)c1cc(OC)ccc1S(=O)(=O)O.[NaH]. The number of benzene rings is 1. The summed E-state index contributed by atoms with van der Waals surface area (Å²) in [6.07, 6.45) is 0. The van der Waals surface area contributed by atoms with Crippen molar-refractivity contribution in [1.82, 2.24) is 0 Å². The first-order valence-corrected chi connectivity index (χ1v) is 5.58. The zero-order valence-electron chi connectivity index (χ0n) is 8.63. The predicted molar refractivity (Wildman–Crippen MR) is 61.3 cm³/mol. The van der Waals surface area contributed by atoms with Gasteiger partial charge in [-0.05, 0) is 18.2 Å². The Morgan fingerprint density at radius 3 is 2.29 bits per heavy atom.